The lowest BCUT2D eigenvalue weighted by molar-refractivity contribution is -0.142. The quantitative estimate of drug-likeness (QED) is 0.537. The molecule has 0 aliphatic carbocycles. The zero-order valence-electron chi connectivity index (χ0n) is 16.2. The van der Waals surface area contributed by atoms with Crippen molar-refractivity contribution in [3.05, 3.63) is 47.5 Å². The molecule has 1 aliphatic rings. The lowest BCUT2D eigenvalue weighted by Gasteiger charge is -2.18. The summed E-state index contributed by atoms with van der Waals surface area (Å²) >= 11 is 0. The molecule has 0 bridgehead atoms. The summed E-state index contributed by atoms with van der Waals surface area (Å²) in [6.07, 6.45) is 0.528. The number of nitrogens with one attached hydrogen (secondary N) is 1. The van der Waals surface area contributed by atoms with Gasteiger partial charge in [-0.15, -0.1) is 0 Å². The molecule has 2 aromatic rings. The van der Waals surface area contributed by atoms with E-state index in [-0.39, 0.29) is 31.3 Å². The number of anilines is 1. The number of aryl methyl sites for hydroxylation is 1. The van der Waals surface area contributed by atoms with E-state index in [0.29, 0.717) is 34.9 Å². The standard InChI is InChI=1S/C21H21NO7/c1-26-15-7-13(8-16(10-15)27-2)3-6-21(25)29-11-18(23)14-4-5-19-17(9-14)22-20(24)12-28-19/h4-5,7-10H,3,6,11-12H2,1-2H3,(H,22,24). The Morgan fingerprint density at radius 2 is 1.79 bits per heavy atom. The van der Waals surface area contributed by atoms with Gasteiger partial charge < -0.3 is 24.3 Å². The number of fused-ring (bicyclic) bond motifs is 1. The summed E-state index contributed by atoms with van der Waals surface area (Å²) in [4.78, 5) is 35.7. The van der Waals surface area contributed by atoms with Crippen LogP contribution in [0.3, 0.4) is 0 Å². The number of hydrogen-bond acceptors (Lipinski definition) is 7. The summed E-state index contributed by atoms with van der Waals surface area (Å²) < 4.78 is 20.7. The Balaban J connectivity index is 1.52. The van der Waals surface area contributed by atoms with Crippen LogP contribution >= 0.6 is 0 Å². The number of carbonyl (C=O) groups is 3. The molecule has 8 heteroatoms. The van der Waals surface area contributed by atoms with E-state index in [1.807, 2.05) is 12.1 Å². The normalized spacial score (nSPS) is 12.3. The van der Waals surface area contributed by atoms with Gasteiger partial charge >= 0.3 is 5.97 Å². The molecule has 0 atom stereocenters. The van der Waals surface area contributed by atoms with Crippen molar-refractivity contribution in [2.24, 2.45) is 0 Å². The molecule has 3 rings (SSSR count). The molecule has 0 saturated carbocycles. The lowest BCUT2D eigenvalue weighted by Crippen LogP contribution is -2.25. The van der Waals surface area contributed by atoms with Crippen molar-refractivity contribution in [1.29, 1.82) is 0 Å². The number of methoxy groups -OCH3 is 2. The van der Waals surface area contributed by atoms with Crippen LogP contribution in [-0.2, 0) is 20.7 Å². The van der Waals surface area contributed by atoms with Gasteiger partial charge in [0, 0.05) is 18.1 Å². The molecule has 8 nitrogen and oxygen atoms in total. The molecule has 0 spiro atoms. The largest absolute Gasteiger partial charge is 0.497 e. The molecule has 0 aromatic heterocycles. The average molecular weight is 399 g/mol. The van der Waals surface area contributed by atoms with E-state index in [1.165, 1.54) is 6.07 Å². The number of amides is 1. The highest BCUT2D eigenvalue weighted by Crippen LogP contribution is 2.28. The summed E-state index contributed by atoms with van der Waals surface area (Å²) in [6.45, 7) is -0.440. The number of benzene rings is 2. The topological polar surface area (TPSA) is 100 Å². The third-order valence-electron chi connectivity index (χ3n) is 4.33. The van der Waals surface area contributed by atoms with Crippen LogP contribution < -0.4 is 19.5 Å². The van der Waals surface area contributed by atoms with Crippen LogP contribution in [0.4, 0.5) is 5.69 Å². The molecule has 0 radical (unpaired) electrons. The van der Waals surface area contributed by atoms with E-state index < -0.39 is 5.97 Å². The van der Waals surface area contributed by atoms with E-state index in [0.717, 1.165) is 5.56 Å². The fourth-order valence-corrected chi connectivity index (χ4v) is 2.82. The van der Waals surface area contributed by atoms with Gasteiger partial charge in [0.2, 0.25) is 0 Å². The van der Waals surface area contributed by atoms with Crippen LogP contribution in [-0.4, -0.2) is 45.1 Å². The van der Waals surface area contributed by atoms with Gasteiger partial charge in [-0.25, -0.2) is 0 Å². The van der Waals surface area contributed by atoms with Gasteiger partial charge in [0.15, 0.2) is 19.0 Å². The number of esters is 1. The van der Waals surface area contributed by atoms with Crippen LogP contribution in [0.5, 0.6) is 17.2 Å². The van der Waals surface area contributed by atoms with Crippen LogP contribution in [0.15, 0.2) is 36.4 Å². The van der Waals surface area contributed by atoms with Gasteiger partial charge in [-0.05, 0) is 42.3 Å². The van der Waals surface area contributed by atoms with E-state index in [2.05, 4.69) is 5.32 Å². The second kappa shape index (κ2) is 9.09. The number of ketones is 1. The Bertz CT molecular complexity index is 916. The van der Waals surface area contributed by atoms with Crippen molar-refractivity contribution in [2.45, 2.75) is 12.8 Å². The zero-order valence-corrected chi connectivity index (χ0v) is 16.2. The highest BCUT2D eigenvalue weighted by Gasteiger charge is 2.18. The number of ether oxygens (including phenoxy) is 4. The van der Waals surface area contributed by atoms with Crippen molar-refractivity contribution >= 4 is 23.3 Å². The molecule has 29 heavy (non-hydrogen) atoms. The van der Waals surface area contributed by atoms with Gasteiger partial charge in [0.1, 0.15) is 17.2 Å². The highest BCUT2D eigenvalue weighted by molar-refractivity contribution is 6.01. The molecule has 1 heterocycles. The van der Waals surface area contributed by atoms with E-state index in [9.17, 15) is 14.4 Å². The molecule has 0 fully saturated rings. The minimum Gasteiger partial charge on any atom is -0.497 e. The van der Waals surface area contributed by atoms with Gasteiger partial charge in [-0.2, -0.15) is 0 Å². The van der Waals surface area contributed by atoms with Crippen LogP contribution in [0, 0.1) is 0 Å². The minimum absolute atomic E-state index is 0.0585. The summed E-state index contributed by atoms with van der Waals surface area (Å²) in [5, 5.41) is 2.63. The number of rotatable bonds is 8. The van der Waals surface area contributed by atoms with Crippen LogP contribution in [0.1, 0.15) is 22.3 Å². The van der Waals surface area contributed by atoms with Gasteiger partial charge in [-0.1, -0.05) is 0 Å². The first-order valence-electron chi connectivity index (χ1n) is 8.96. The predicted molar refractivity (Wildman–Crippen MR) is 104 cm³/mol. The molecule has 1 aliphatic heterocycles. The Kier molecular flexibility index (Phi) is 6.33. The summed E-state index contributed by atoms with van der Waals surface area (Å²) in [7, 11) is 3.10. The van der Waals surface area contributed by atoms with Gasteiger partial charge in [0.25, 0.3) is 5.91 Å². The van der Waals surface area contributed by atoms with Gasteiger partial charge in [0.05, 0.1) is 19.9 Å². The number of Topliss-reactive ketones (excluding diaryl/α,β-unsaturated/α-hetero) is 1. The second-order valence-electron chi connectivity index (χ2n) is 6.35. The Morgan fingerprint density at radius 1 is 1.07 bits per heavy atom. The molecule has 0 saturated heterocycles. The van der Waals surface area contributed by atoms with Crippen molar-refractivity contribution in [3.8, 4) is 17.2 Å². The molecule has 1 N–H and O–H groups in total. The van der Waals surface area contributed by atoms with Gasteiger partial charge in [-0.3, -0.25) is 14.4 Å². The first kappa shape index (κ1) is 20.2. The Labute approximate surface area is 167 Å². The predicted octanol–water partition coefficient (Wildman–Crippen LogP) is 2.39. The van der Waals surface area contributed by atoms with E-state index in [4.69, 9.17) is 18.9 Å². The maximum absolute atomic E-state index is 12.3. The van der Waals surface area contributed by atoms with Crippen molar-refractivity contribution in [3.63, 3.8) is 0 Å². The smallest absolute Gasteiger partial charge is 0.306 e. The lowest BCUT2D eigenvalue weighted by atomic mass is 10.1. The third-order valence-corrected chi connectivity index (χ3v) is 4.33. The van der Waals surface area contributed by atoms with E-state index >= 15 is 0 Å². The maximum Gasteiger partial charge on any atom is 0.306 e. The SMILES string of the molecule is COc1cc(CCC(=O)OCC(=O)c2ccc3c(c2)NC(=O)CO3)cc(OC)c1. The zero-order chi connectivity index (χ0) is 20.8. The second-order valence-corrected chi connectivity index (χ2v) is 6.35. The first-order chi connectivity index (χ1) is 14.0. The minimum atomic E-state index is -0.491. The van der Waals surface area contributed by atoms with E-state index in [1.54, 1.807) is 32.4 Å². The summed E-state index contributed by atoms with van der Waals surface area (Å²) in [6, 6.07) is 10.0. The highest BCUT2D eigenvalue weighted by atomic mass is 16.5. The first-order valence-corrected chi connectivity index (χ1v) is 8.96. The average Bonchev–Trinajstić information content (AvgIpc) is 2.75. The fourth-order valence-electron chi connectivity index (χ4n) is 2.82. The Morgan fingerprint density at radius 3 is 2.48 bits per heavy atom. The number of carbonyl (C=O) groups excluding carboxylic acids is 3. The van der Waals surface area contributed by atoms with Crippen molar-refractivity contribution < 1.29 is 33.3 Å². The molecular weight excluding hydrogens is 378 g/mol. The molecular formula is C21H21NO7. The van der Waals surface area contributed by atoms with Crippen molar-refractivity contribution in [2.75, 3.05) is 32.8 Å². The molecule has 2 aromatic carbocycles. The monoisotopic (exact) mass is 399 g/mol. The molecule has 1 amide bonds. The van der Waals surface area contributed by atoms with Crippen LogP contribution in [0.2, 0.25) is 0 Å². The summed E-state index contributed by atoms with van der Waals surface area (Å²) in [5.41, 5.74) is 1.60. The summed E-state index contributed by atoms with van der Waals surface area (Å²) in [5.74, 6) is 0.603. The maximum atomic E-state index is 12.3. The Hall–Kier alpha value is -3.55. The molecule has 0 unspecified atom stereocenters. The third kappa shape index (κ3) is 5.25. The molecule has 152 valence electrons. The van der Waals surface area contributed by atoms with Crippen LogP contribution in [0.25, 0.3) is 0 Å². The van der Waals surface area contributed by atoms with Crippen molar-refractivity contribution in [1.82, 2.24) is 0 Å². The number of hydrogen-bond donors (Lipinski definition) is 1. The fraction of sp³-hybridized carbons (Fsp3) is 0.286.